The zero-order chi connectivity index (χ0) is 13.8. The van der Waals surface area contributed by atoms with Gasteiger partial charge in [0.1, 0.15) is 0 Å². The van der Waals surface area contributed by atoms with E-state index in [0.29, 0.717) is 30.5 Å². The molecule has 1 aromatic rings. The Labute approximate surface area is 114 Å². The Morgan fingerprint density at radius 3 is 2.11 bits per heavy atom. The standard InChI is InChI=1S/C12H14Cl2F3N/c1-9-2-3-10(8-11(9)12(15,16)17)18(6-4-13)7-5-14/h2-3,8H,4-7H2,1H3. The second-order valence-electron chi connectivity index (χ2n) is 3.86. The molecule has 0 heterocycles. The van der Waals surface area contributed by atoms with Crippen molar-refractivity contribution in [2.24, 2.45) is 0 Å². The molecule has 0 aliphatic carbocycles. The number of hydrogen-bond donors (Lipinski definition) is 0. The van der Waals surface area contributed by atoms with Gasteiger partial charge in [0, 0.05) is 30.5 Å². The summed E-state index contributed by atoms with van der Waals surface area (Å²) < 4.78 is 38.4. The van der Waals surface area contributed by atoms with Crippen LogP contribution in [0.3, 0.4) is 0 Å². The van der Waals surface area contributed by atoms with Gasteiger partial charge < -0.3 is 4.90 Å². The molecular formula is C12H14Cl2F3N. The predicted octanol–water partition coefficient (Wildman–Crippen LogP) is 4.30. The molecule has 0 aromatic heterocycles. The lowest BCUT2D eigenvalue weighted by Crippen LogP contribution is -2.28. The van der Waals surface area contributed by atoms with E-state index in [1.165, 1.54) is 13.0 Å². The smallest absolute Gasteiger partial charge is 0.369 e. The molecule has 0 saturated heterocycles. The minimum absolute atomic E-state index is 0.211. The third kappa shape index (κ3) is 3.95. The van der Waals surface area contributed by atoms with Crippen LogP contribution in [-0.2, 0) is 6.18 Å². The number of benzene rings is 1. The van der Waals surface area contributed by atoms with Crippen LogP contribution in [0.4, 0.5) is 18.9 Å². The summed E-state index contributed by atoms with van der Waals surface area (Å²) in [5.74, 6) is 0.679. The zero-order valence-electron chi connectivity index (χ0n) is 9.90. The quantitative estimate of drug-likeness (QED) is 0.733. The molecule has 0 atom stereocenters. The molecule has 0 spiro atoms. The van der Waals surface area contributed by atoms with Crippen LogP contribution in [0.15, 0.2) is 18.2 Å². The van der Waals surface area contributed by atoms with E-state index in [1.54, 1.807) is 11.0 Å². The molecule has 0 unspecified atom stereocenters. The first kappa shape index (κ1) is 15.4. The van der Waals surface area contributed by atoms with Crippen LogP contribution in [0.1, 0.15) is 11.1 Å². The summed E-state index contributed by atoms with van der Waals surface area (Å²) in [6.45, 7) is 2.38. The van der Waals surface area contributed by atoms with E-state index >= 15 is 0 Å². The van der Waals surface area contributed by atoms with Crippen molar-refractivity contribution in [1.29, 1.82) is 0 Å². The third-order valence-corrected chi connectivity index (χ3v) is 2.94. The zero-order valence-corrected chi connectivity index (χ0v) is 11.4. The van der Waals surface area contributed by atoms with Gasteiger partial charge in [0.25, 0.3) is 0 Å². The largest absolute Gasteiger partial charge is 0.416 e. The molecule has 0 N–H and O–H groups in total. The maximum absolute atomic E-state index is 12.8. The molecule has 1 rings (SSSR count). The summed E-state index contributed by atoms with van der Waals surface area (Å²) in [4.78, 5) is 1.74. The molecule has 0 radical (unpaired) electrons. The highest BCUT2D eigenvalue weighted by Gasteiger charge is 2.32. The maximum Gasteiger partial charge on any atom is 0.416 e. The molecule has 18 heavy (non-hydrogen) atoms. The molecule has 6 heteroatoms. The Hall–Kier alpha value is -0.610. The first-order chi connectivity index (χ1) is 8.40. The van der Waals surface area contributed by atoms with E-state index < -0.39 is 11.7 Å². The van der Waals surface area contributed by atoms with E-state index in [0.717, 1.165) is 6.07 Å². The van der Waals surface area contributed by atoms with E-state index in [1.807, 2.05) is 0 Å². The van der Waals surface area contributed by atoms with Crippen molar-refractivity contribution in [2.75, 3.05) is 29.7 Å². The lowest BCUT2D eigenvalue weighted by atomic mass is 10.1. The van der Waals surface area contributed by atoms with Crippen molar-refractivity contribution < 1.29 is 13.2 Å². The van der Waals surface area contributed by atoms with Gasteiger partial charge in [0.2, 0.25) is 0 Å². The van der Waals surface area contributed by atoms with Gasteiger partial charge in [-0.15, -0.1) is 23.2 Å². The molecule has 102 valence electrons. The number of aryl methyl sites for hydroxylation is 1. The van der Waals surface area contributed by atoms with Crippen molar-refractivity contribution in [3.8, 4) is 0 Å². The van der Waals surface area contributed by atoms with Crippen molar-refractivity contribution in [2.45, 2.75) is 13.1 Å². The van der Waals surface area contributed by atoms with Crippen LogP contribution in [-0.4, -0.2) is 24.8 Å². The maximum atomic E-state index is 12.8. The van der Waals surface area contributed by atoms with E-state index in [-0.39, 0.29) is 5.56 Å². The summed E-state index contributed by atoms with van der Waals surface area (Å²) >= 11 is 11.3. The Bertz CT molecular complexity index is 387. The van der Waals surface area contributed by atoms with E-state index in [2.05, 4.69) is 0 Å². The van der Waals surface area contributed by atoms with Gasteiger partial charge in [-0.05, 0) is 24.6 Å². The predicted molar refractivity (Wildman–Crippen MR) is 69.8 cm³/mol. The van der Waals surface area contributed by atoms with Crippen LogP contribution in [0.25, 0.3) is 0 Å². The van der Waals surface area contributed by atoms with Gasteiger partial charge in [-0.25, -0.2) is 0 Å². The lowest BCUT2D eigenvalue weighted by Gasteiger charge is -2.24. The summed E-state index contributed by atoms with van der Waals surface area (Å²) in [7, 11) is 0. The molecule has 0 aliphatic rings. The average molecular weight is 300 g/mol. The van der Waals surface area contributed by atoms with Crippen LogP contribution < -0.4 is 4.90 Å². The average Bonchev–Trinajstić information content (AvgIpc) is 2.28. The molecule has 0 saturated carbocycles. The second-order valence-corrected chi connectivity index (χ2v) is 4.62. The van der Waals surface area contributed by atoms with Crippen molar-refractivity contribution >= 4 is 28.9 Å². The highest BCUT2D eigenvalue weighted by Crippen LogP contribution is 2.34. The molecular weight excluding hydrogens is 286 g/mol. The minimum Gasteiger partial charge on any atom is -0.369 e. The fourth-order valence-electron chi connectivity index (χ4n) is 1.69. The second kappa shape index (κ2) is 6.53. The summed E-state index contributed by atoms with van der Waals surface area (Å²) in [6, 6.07) is 4.27. The van der Waals surface area contributed by atoms with Crippen LogP contribution in [0, 0.1) is 6.92 Å². The molecule has 0 bridgehead atoms. The third-order valence-electron chi connectivity index (χ3n) is 2.60. The fraction of sp³-hybridized carbons (Fsp3) is 0.500. The summed E-state index contributed by atoms with van der Waals surface area (Å²) in [6.07, 6.45) is -4.34. The number of hydrogen-bond acceptors (Lipinski definition) is 1. The van der Waals surface area contributed by atoms with Crippen LogP contribution in [0.2, 0.25) is 0 Å². The van der Waals surface area contributed by atoms with Crippen molar-refractivity contribution in [3.63, 3.8) is 0 Å². The molecule has 1 nitrogen and oxygen atoms in total. The summed E-state index contributed by atoms with van der Waals surface area (Å²) in [5, 5.41) is 0. The van der Waals surface area contributed by atoms with Crippen molar-refractivity contribution in [3.05, 3.63) is 29.3 Å². The fourth-order valence-corrected chi connectivity index (χ4v) is 2.09. The first-order valence-electron chi connectivity index (χ1n) is 5.45. The van der Waals surface area contributed by atoms with Crippen LogP contribution in [0.5, 0.6) is 0 Å². The van der Waals surface area contributed by atoms with Gasteiger partial charge >= 0.3 is 6.18 Å². The Morgan fingerprint density at radius 2 is 1.67 bits per heavy atom. The number of rotatable bonds is 5. The van der Waals surface area contributed by atoms with Crippen molar-refractivity contribution in [1.82, 2.24) is 0 Å². The molecule has 0 fully saturated rings. The number of nitrogens with zero attached hydrogens (tertiary/aromatic N) is 1. The Kier molecular flexibility index (Phi) is 5.60. The molecule has 0 amide bonds. The number of halogens is 5. The summed E-state index contributed by atoms with van der Waals surface area (Å²) in [5.41, 5.74) is 0.0892. The van der Waals surface area contributed by atoms with Gasteiger partial charge in [0.15, 0.2) is 0 Å². The number of alkyl halides is 5. The van der Waals surface area contributed by atoms with Gasteiger partial charge in [-0.2, -0.15) is 13.2 Å². The normalized spacial score (nSPS) is 11.7. The highest BCUT2D eigenvalue weighted by atomic mass is 35.5. The van der Waals surface area contributed by atoms with Gasteiger partial charge in [0.05, 0.1) is 5.56 Å². The SMILES string of the molecule is Cc1ccc(N(CCCl)CCCl)cc1C(F)(F)F. The van der Waals surface area contributed by atoms with E-state index in [4.69, 9.17) is 23.2 Å². The Morgan fingerprint density at radius 1 is 1.11 bits per heavy atom. The number of anilines is 1. The van der Waals surface area contributed by atoms with Gasteiger partial charge in [-0.1, -0.05) is 6.07 Å². The van der Waals surface area contributed by atoms with Gasteiger partial charge in [-0.3, -0.25) is 0 Å². The minimum atomic E-state index is -4.34. The highest BCUT2D eigenvalue weighted by molar-refractivity contribution is 6.18. The van der Waals surface area contributed by atoms with Crippen LogP contribution >= 0.6 is 23.2 Å². The lowest BCUT2D eigenvalue weighted by molar-refractivity contribution is -0.138. The topological polar surface area (TPSA) is 3.24 Å². The first-order valence-corrected chi connectivity index (χ1v) is 6.51. The Balaban J connectivity index is 3.09. The monoisotopic (exact) mass is 299 g/mol. The van der Waals surface area contributed by atoms with E-state index in [9.17, 15) is 13.2 Å². The molecule has 0 aliphatic heterocycles. The molecule has 1 aromatic carbocycles.